The highest BCUT2D eigenvalue weighted by Gasteiger charge is 2.31. The van der Waals surface area contributed by atoms with Gasteiger partial charge < -0.3 is 15.4 Å². The summed E-state index contributed by atoms with van der Waals surface area (Å²) in [5.74, 6) is -0.932. The van der Waals surface area contributed by atoms with E-state index in [1.54, 1.807) is 43.3 Å². The predicted molar refractivity (Wildman–Crippen MR) is 129 cm³/mol. The zero-order chi connectivity index (χ0) is 24.2. The van der Waals surface area contributed by atoms with Crippen molar-refractivity contribution in [3.8, 4) is 0 Å². The number of amides is 2. The summed E-state index contributed by atoms with van der Waals surface area (Å²) in [5.41, 5.74) is 1.53. The van der Waals surface area contributed by atoms with Crippen LogP contribution in [0, 0.1) is 6.92 Å². The summed E-state index contributed by atoms with van der Waals surface area (Å²) in [6.07, 6.45) is 2.87. The van der Waals surface area contributed by atoms with Crippen molar-refractivity contribution in [3.05, 3.63) is 58.6 Å². The van der Waals surface area contributed by atoms with Crippen molar-refractivity contribution in [1.29, 1.82) is 0 Å². The molecule has 0 aromatic heterocycles. The molecule has 1 fully saturated rings. The molecule has 2 aromatic rings. The number of nitrogens with one attached hydrogen (secondary N) is 2. The van der Waals surface area contributed by atoms with Crippen LogP contribution < -0.4 is 14.9 Å². The third kappa shape index (κ3) is 6.25. The lowest BCUT2D eigenvalue weighted by atomic mass is 10.1. The fourth-order valence-electron chi connectivity index (χ4n) is 3.74. The monoisotopic (exact) mass is 493 g/mol. The third-order valence-corrected chi connectivity index (χ3v) is 6.90. The molecule has 1 aliphatic rings. The fraction of sp³-hybridized carbons (Fsp3) is 0.391. The van der Waals surface area contributed by atoms with Gasteiger partial charge in [-0.05, 0) is 56.5 Å². The number of halogens is 1. The second kappa shape index (κ2) is 10.5. The van der Waals surface area contributed by atoms with Crippen LogP contribution in [0.25, 0.3) is 0 Å². The number of para-hydroxylation sites is 1. The minimum atomic E-state index is -3.82. The molecule has 2 atom stereocenters. The zero-order valence-electron chi connectivity index (χ0n) is 18.8. The summed E-state index contributed by atoms with van der Waals surface area (Å²) < 4.78 is 31.8. The molecule has 0 unspecified atom stereocenters. The van der Waals surface area contributed by atoms with Gasteiger partial charge in [-0.3, -0.25) is 13.9 Å². The SMILES string of the molecule is Cc1ccc(Cl)cc1N([C@@H](C)C(=O)Nc1ccccc1C(=O)NC[C@@H]1CCCO1)S(C)(=O)=O. The van der Waals surface area contributed by atoms with E-state index in [9.17, 15) is 18.0 Å². The molecular weight excluding hydrogens is 466 g/mol. The van der Waals surface area contributed by atoms with Gasteiger partial charge >= 0.3 is 0 Å². The first-order valence-electron chi connectivity index (χ1n) is 10.6. The Morgan fingerprint density at radius 2 is 1.97 bits per heavy atom. The van der Waals surface area contributed by atoms with Crippen molar-refractivity contribution in [2.75, 3.05) is 29.0 Å². The number of aryl methyl sites for hydroxylation is 1. The molecule has 2 N–H and O–H groups in total. The molecule has 1 heterocycles. The molecule has 1 aliphatic heterocycles. The second-order valence-corrected chi connectivity index (χ2v) is 10.3. The topological polar surface area (TPSA) is 105 Å². The lowest BCUT2D eigenvalue weighted by Crippen LogP contribution is -2.46. The molecular formula is C23H28ClN3O5S. The second-order valence-electron chi connectivity index (χ2n) is 8.05. The minimum absolute atomic E-state index is 0.0139. The van der Waals surface area contributed by atoms with Crippen molar-refractivity contribution < 1.29 is 22.7 Å². The number of hydrogen-bond donors (Lipinski definition) is 2. The summed E-state index contributed by atoms with van der Waals surface area (Å²) >= 11 is 6.08. The Morgan fingerprint density at radius 1 is 1.24 bits per heavy atom. The van der Waals surface area contributed by atoms with E-state index in [0.717, 1.165) is 23.4 Å². The Hall–Kier alpha value is -2.62. The average Bonchev–Trinajstić information content (AvgIpc) is 3.27. The van der Waals surface area contributed by atoms with E-state index in [-0.39, 0.29) is 23.3 Å². The zero-order valence-corrected chi connectivity index (χ0v) is 20.4. The van der Waals surface area contributed by atoms with Gasteiger partial charge in [0.1, 0.15) is 6.04 Å². The highest BCUT2D eigenvalue weighted by Crippen LogP contribution is 2.29. The van der Waals surface area contributed by atoms with Gasteiger partial charge in [-0.15, -0.1) is 0 Å². The van der Waals surface area contributed by atoms with Gasteiger partial charge in [0.25, 0.3) is 5.91 Å². The number of hydrogen-bond acceptors (Lipinski definition) is 5. The number of ether oxygens (including phenoxy) is 1. The Kier molecular flexibility index (Phi) is 7.99. The van der Waals surface area contributed by atoms with E-state index in [1.165, 1.54) is 13.0 Å². The van der Waals surface area contributed by atoms with Crippen LogP contribution in [0.2, 0.25) is 5.02 Å². The van der Waals surface area contributed by atoms with Crippen LogP contribution in [0.1, 0.15) is 35.7 Å². The summed E-state index contributed by atoms with van der Waals surface area (Å²) in [6.45, 7) is 4.29. The first kappa shape index (κ1) is 25.0. The number of carbonyl (C=O) groups excluding carboxylic acids is 2. The smallest absolute Gasteiger partial charge is 0.253 e. The summed E-state index contributed by atoms with van der Waals surface area (Å²) in [7, 11) is -3.82. The van der Waals surface area contributed by atoms with Gasteiger partial charge in [-0.25, -0.2) is 8.42 Å². The van der Waals surface area contributed by atoms with Crippen molar-refractivity contribution in [3.63, 3.8) is 0 Å². The van der Waals surface area contributed by atoms with E-state index in [1.807, 2.05) is 0 Å². The van der Waals surface area contributed by atoms with Crippen LogP contribution in [0.5, 0.6) is 0 Å². The molecule has 10 heteroatoms. The van der Waals surface area contributed by atoms with Crippen molar-refractivity contribution in [1.82, 2.24) is 5.32 Å². The normalized spacial score (nSPS) is 16.8. The van der Waals surface area contributed by atoms with E-state index >= 15 is 0 Å². The Labute approximate surface area is 199 Å². The number of anilines is 2. The number of nitrogens with zero attached hydrogens (tertiary/aromatic N) is 1. The van der Waals surface area contributed by atoms with Crippen LogP contribution in [-0.4, -0.2) is 51.8 Å². The Bertz CT molecular complexity index is 1130. The highest BCUT2D eigenvalue weighted by molar-refractivity contribution is 7.92. The lowest BCUT2D eigenvalue weighted by molar-refractivity contribution is -0.116. The number of benzene rings is 2. The molecule has 0 aliphatic carbocycles. The number of carbonyl (C=O) groups is 2. The van der Waals surface area contributed by atoms with E-state index in [0.29, 0.717) is 29.4 Å². The Morgan fingerprint density at radius 3 is 2.64 bits per heavy atom. The highest BCUT2D eigenvalue weighted by atomic mass is 35.5. The fourth-order valence-corrected chi connectivity index (χ4v) is 5.13. The van der Waals surface area contributed by atoms with Crippen molar-refractivity contribution in [2.45, 2.75) is 38.8 Å². The average molecular weight is 494 g/mol. The third-order valence-electron chi connectivity index (χ3n) is 5.44. The van der Waals surface area contributed by atoms with Crippen LogP contribution in [0.3, 0.4) is 0 Å². The maximum Gasteiger partial charge on any atom is 0.253 e. The number of sulfonamides is 1. The van der Waals surface area contributed by atoms with E-state index < -0.39 is 22.0 Å². The van der Waals surface area contributed by atoms with Crippen LogP contribution in [0.4, 0.5) is 11.4 Å². The molecule has 8 nitrogen and oxygen atoms in total. The largest absolute Gasteiger partial charge is 0.376 e. The molecule has 1 saturated heterocycles. The standard InChI is InChI=1S/C23H28ClN3O5S/c1-15-10-11-17(24)13-21(15)27(33(3,30)31)16(2)22(28)26-20-9-5-4-8-19(20)23(29)25-14-18-7-6-12-32-18/h4-5,8-11,13,16,18H,6-7,12,14H2,1-3H3,(H,25,29)(H,26,28)/t16-,18-/m0/s1. The summed E-state index contributed by atoms with van der Waals surface area (Å²) in [6, 6.07) is 10.3. The number of rotatable bonds is 8. The molecule has 3 rings (SSSR count). The maximum absolute atomic E-state index is 13.1. The van der Waals surface area contributed by atoms with Gasteiger partial charge in [-0.2, -0.15) is 0 Å². The van der Waals surface area contributed by atoms with Gasteiger partial charge in [0.05, 0.1) is 29.3 Å². The molecule has 2 aromatic carbocycles. The molecule has 178 valence electrons. The summed E-state index contributed by atoms with van der Waals surface area (Å²) in [5, 5.41) is 5.89. The van der Waals surface area contributed by atoms with Gasteiger partial charge in [-0.1, -0.05) is 29.8 Å². The quantitative estimate of drug-likeness (QED) is 0.586. The first-order chi connectivity index (χ1) is 15.6. The van der Waals surface area contributed by atoms with E-state index in [4.69, 9.17) is 16.3 Å². The van der Waals surface area contributed by atoms with Crippen molar-refractivity contribution >= 4 is 44.8 Å². The molecule has 0 saturated carbocycles. The molecule has 2 amide bonds. The lowest BCUT2D eigenvalue weighted by Gasteiger charge is -2.29. The van der Waals surface area contributed by atoms with Crippen LogP contribution in [-0.2, 0) is 19.6 Å². The summed E-state index contributed by atoms with van der Waals surface area (Å²) in [4.78, 5) is 25.8. The van der Waals surface area contributed by atoms with E-state index in [2.05, 4.69) is 10.6 Å². The predicted octanol–water partition coefficient (Wildman–Crippen LogP) is 3.35. The molecule has 0 bridgehead atoms. The van der Waals surface area contributed by atoms with Gasteiger partial charge in [0.15, 0.2) is 0 Å². The maximum atomic E-state index is 13.1. The molecule has 33 heavy (non-hydrogen) atoms. The molecule has 0 radical (unpaired) electrons. The van der Waals surface area contributed by atoms with Crippen molar-refractivity contribution in [2.24, 2.45) is 0 Å². The van der Waals surface area contributed by atoms with Gasteiger partial charge in [0, 0.05) is 18.2 Å². The Balaban J connectivity index is 1.81. The minimum Gasteiger partial charge on any atom is -0.376 e. The molecule has 0 spiro atoms. The van der Waals surface area contributed by atoms with Crippen LogP contribution >= 0.6 is 11.6 Å². The first-order valence-corrected chi connectivity index (χ1v) is 12.9. The van der Waals surface area contributed by atoms with Gasteiger partial charge in [0.2, 0.25) is 15.9 Å². The van der Waals surface area contributed by atoms with Crippen LogP contribution in [0.15, 0.2) is 42.5 Å².